The van der Waals surface area contributed by atoms with Crippen LogP contribution in [-0.4, -0.2) is 23.1 Å². The highest BCUT2D eigenvalue weighted by molar-refractivity contribution is 5.58. The van der Waals surface area contributed by atoms with E-state index in [9.17, 15) is 4.79 Å². The van der Waals surface area contributed by atoms with Gasteiger partial charge in [0, 0.05) is 6.54 Å². The molecule has 2 rings (SSSR count). The summed E-state index contributed by atoms with van der Waals surface area (Å²) in [6.45, 7) is 1.38. The van der Waals surface area contributed by atoms with Crippen molar-refractivity contribution in [3.8, 4) is 0 Å². The maximum absolute atomic E-state index is 11.4. The van der Waals surface area contributed by atoms with Crippen LogP contribution in [0.4, 0.5) is 11.5 Å². The van der Waals surface area contributed by atoms with E-state index in [0.29, 0.717) is 12.4 Å². The molecule has 0 radical (unpaired) electrons. The van der Waals surface area contributed by atoms with E-state index in [-0.39, 0.29) is 16.7 Å². The SMILES string of the molecule is NCC1(CNc2nc[nH]c(=O)c2N)CCCCC1. The van der Waals surface area contributed by atoms with Gasteiger partial charge < -0.3 is 21.8 Å². The van der Waals surface area contributed by atoms with Gasteiger partial charge in [0.05, 0.1) is 6.33 Å². The lowest BCUT2D eigenvalue weighted by molar-refractivity contribution is 0.215. The van der Waals surface area contributed by atoms with Crippen LogP contribution in [0.15, 0.2) is 11.1 Å². The highest BCUT2D eigenvalue weighted by Gasteiger charge is 2.30. The Balaban J connectivity index is 2.05. The largest absolute Gasteiger partial charge is 0.391 e. The van der Waals surface area contributed by atoms with Crippen molar-refractivity contribution in [1.29, 1.82) is 0 Å². The number of rotatable bonds is 4. The van der Waals surface area contributed by atoms with Crippen LogP contribution in [-0.2, 0) is 0 Å². The smallest absolute Gasteiger partial charge is 0.276 e. The first-order valence-corrected chi connectivity index (χ1v) is 6.44. The van der Waals surface area contributed by atoms with E-state index in [2.05, 4.69) is 15.3 Å². The van der Waals surface area contributed by atoms with Crippen LogP contribution in [0.3, 0.4) is 0 Å². The zero-order chi connectivity index (χ0) is 13.0. The summed E-state index contributed by atoms with van der Waals surface area (Å²) in [5, 5.41) is 3.18. The molecule has 1 aromatic heterocycles. The van der Waals surface area contributed by atoms with Crippen molar-refractivity contribution in [1.82, 2.24) is 9.97 Å². The highest BCUT2D eigenvalue weighted by Crippen LogP contribution is 2.35. The van der Waals surface area contributed by atoms with Crippen LogP contribution in [0.2, 0.25) is 0 Å². The number of H-pyrrole nitrogens is 1. The molecule has 0 aliphatic heterocycles. The number of nitrogens with zero attached hydrogens (tertiary/aromatic N) is 1. The molecule has 1 fully saturated rings. The predicted molar refractivity (Wildman–Crippen MR) is 72.3 cm³/mol. The molecule has 18 heavy (non-hydrogen) atoms. The van der Waals surface area contributed by atoms with Crippen LogP contribution in [0, 0.1) is 5.41 Å². The molecule has 6 nitrogen and oxygen atoms in total. The molecule has 6 heteroatoms. The van der Waals surface area contributed by atoms with Gasteiger partial charge in [-0.1, -0.05) is 19.3 Å². The minimum absolute atomic E-state index is 0.120. The van der Waals surface area contributed by atoms with E-state index >= 15 is 0 Å². The number of hydrogen-bond donors (Lipinski definition) is 4. The molecular weight excluding hydrogens is 230 g/mol. The summed E-state index contributed by atoms with van der Waals surface area (Å²) in [5.74, 6) is 0.456. The summed E-state index contributed by atoms with van der Waals surface area (Å²) in [7, 11) is 0. The van der Waals surface area contributed by atoms with Crippen LogP contribution in [0.1, 0.15) is 32.1 Å². The predicted octanol–water partition coefficient (Wildman–Crippen LogP) is 0.673. The molecule has 0 atom stereocenters. The quantitative estimate of drug-likeness (QED) is 0.629. The van der Waals surface area contributed by atoms with E-state index in [1.54, 1.807) is 0 Å². The number of aromatic amines is 1. The third kappa shape index (κ3) is 2.64. The maximum Gasteiger partial charge on any atom is 0.276 e. The summed E-state index contributed by atoms with van der Waals surface area (Å²) in [6.07, 6.45) is 7.33. The van der Waals surface area contributed by atoms with Gasteiger partial charge in [-0.15, -0.1) is 0 Å². The van der Waals surface area contributed by atoms with Crippen molar-refractivity contribution >= 4 is 11.5 Å². The zero-order valence-electron chi connectivity index (χ0n) is 10.5. The second-order valence-electron chi connectivity index (χ2n) is 5.11. The third-order valence-corrected chi connectivity index (χ3v) is 3.87. The van der Waals surface area contributed by atoms with Gasteiger partial charge in [0.2, 0.25) is 0 Å². The summed E-state index contributed by atoms with van der Waals surface area (Å²) < 4.78 is 0. The molecular formula is C12H21N5O. The monoisotopic (exact) mass is 251 g/mol. The Morgan fingerprint density at radius 3 is 2.78 bits per heavy atom. The fourth-order valence-corrected chi connectivity index (χ4v) is 2.58. The van der Waals surface area contributed by atoms with Gasteiger partial charge in [-0.05, 0) is 24.8 Å². The van der Waals surface area contributed by atoms with E-state index in [0.717, 1.165) is 19.4 Å². The first kappa shape index (κ1) is 12.9. The van der Waals surface area contributed by atoms with Crippen LogP contribution >= 0.6 is 0 Å². The van der Waals surface area contributed by atoms with E-state index < -0.39 is 0 Å². The Bertz CT molecular complexity index is 450. The minimum atomic E-state index is -0.307. The summed E-state index contributed by atoms with van der Waals surface area (Å²) >= 11 is 0. The average molecular weight is 251 g/mol. The molecule has 0 spiro atoms. The van der Waals surface area contributed by atoms with Crippen LogP contribution in [0.25, 0.3) is 0 Å². The normalized spacial score (nSPS) is 18.5. The minimum Gasteiger partial charge on any atom is -0.391 e. The molecule has 0 bridgehead atoms. The summed E-state index contributed by atoms with van der Waals surface area (Å²) in [6, 6.07) is 0. The van der Waals surface area contributed by atoms with Crippen molar-refractivity contribution in [3.05, 3.63) is 16.7 Å². The van der Waals surface area contributed by atoms with E-state index in [4.69, 9.17) is 11.5 Å². The van der Waals surface area contributed by atoms with E-state index in [1.165, 1.54) is 25.6 Å². The number of hydrogen-bond acceptors (Lipinski definition) is 5. The number of anilines is 2. The second kappa shape index (κ2) is 5.39. The molecule has 1 aliphatic carbocycles. The summed E-state index contributed by atoms with van der Waals surface area (Å²) in [4.78, 5) is 17.9. The molecule has 0 aromatic carbocycles. The Kier molecular flexibility index (Phi) is 3.86. The fourth-order valence-electron chi connectivity index (χ4n) is 2.58. The first-order valence-electron chi connectivity index (χ1n) is 6.44. The van der Waals surface area contributed by atoms with Gasteiger partial charge in [0.15, 0.2) is 5.82 Å². The topological polar surface area (TPSA) is 110 Å². The maximum atomic E-state index is 11.4. The van der Waals surface area contributed by atoms with Gasteiger partial charge >= 0.3 is 0 Å². The lowest BCUT2D eigenvalue weighted by atomic mass is 9.74. The van der Waals surface area contributed by atoms with Crippen molar-refractivity contribution in [2.75, 3.05) is 24.1 Å². The molecule has 1 saturated carbocycles. The van der Waals surface area contributed by atoms with Crippen molar-refractivity contribution < 1.29 is 0 Å². The lowest BCUT2D eigenvalue weighted by Crippen LogP contribution is -2.39. The van der Waals surface area contributed by atoms with E-state index in [1.807, 2.05) is 0 Å². The van der Waals surface area contributed by atoms with Crippen molar-refractivity contribution in [2.45, 2.75) is 32.1 Å². The second-order valence-corrected chi connectivity index (χ2v) is 5.11. The highest BCUT2D eigenvalue weighted by atomic mass is 16.1. The zero-order valence-corrected chi connectivity index (χ0v) is 10.5. The van der Waals surface area contributed by atoms with Gasteiger partial charge in [0.1, 0.15) is 5.69 Å². The molecule has 0 saturated heterocycles. The molecule has 1 aliphatic rings. The molecule has 0 unspecified atom stereocenters. The number of nitrogen functional groups attached to an aromatic ring is 1. The molecule has 100 valence electrons. The Morgan fingerprint density at radius 1 is 1.39 bits per heavy atom. The first-order chi connectivity index (χ1) is 8.67. The summed E-state index contributed by atoms with van der Waals surface area (Å²) in [5.41, 5.74) is 11.5. The van der Waals surface area contributed by atoms with Crippen LogP contribution in [0.5, 0.6) is 0 Å². The molecule has 6 N–H and O–H groups in total. The van der Waals surface area contributed by atoms with Gasteiger partial charge in [0.25, 0.3) is 5.56 Å². The number of nitrogens with one attached hydrogen (secondary N) is 2. The molecule has 0 amide bonds. The molecule has 1 heterocycles. The van der Waals surface area contributed by atoms with Gasteiger partial charge in [-0.2, -0.15) is 0 Å². The van der Waals surface area contributed by atoms with Gasteiger partial charge in [-0.25, -0.2) is 4.98 Å². The molecule has 1 aromatic rings. The van der Waals surface area contributed by atoms with Gasteiger partial charge in [-0.3, -0.25) is 4.79 Å². The van der Waals surface area contributed by atoms with Crippen molar-refractivity contribution in [2.24, 2.45) is 11.1 Å². The Labute approximate surface area is 106 Å². The van der Waals surface area contributed by atoms with Crippen molar-refractivity contribution in [3.63, 3.8) is 0 Å². The number of nitrogens with two attached hydrogens (primary N) is 2. The Hall–Kier alpha value is -1.56. The van der Waals surface area contributed by atoms with Crippen LogP contribution < -0.4 is 22.3 Å². The number of aromatic nitrogens is 2. The average Bonchev–Trinajstić information content (AvgIpc) is 2.41. The Morgan fingerprint density at radius 2 is 2.11 bits per heavy atom. The standard InChI is InChI=1S/C12H21N5O/c13-6-12(4-2-1-3-5-12)7-15-10-9(14)11(18)17-8-16-10/h8H,1-7,13-14H2,(H2,15,16,17,18). The fraction of sp³-hybridized carbons (Fsp3) is 0.667. The third-order valence-electron chi connectivity index (χ3n) is 3.87. The lowest BCUT2D eigenvalue weighted by Gasteiger charge is -2.36.